The zero-order valence-electron chi connectivity index (χ0n) is 10.4. The molecule has 0 aromatic carbocycles. The van der Waals surface area contributed by atoms with Crippen LogP contribution in [-0.4, -0.2) is 41.9 Å². The molecule has 0 amide bonds. The van der Waals surface area contributed by atoms with Gasteiger partial charge >= 0.3 is 0 Å². The van der Waals surface area contributed by atoms with Gasteiger partial charge in [-0.2, -0.15) is 0 Å². The summed E-state index contributed by atoms with van der Waals surface area (Å²) >= 11 is 0. The zero-order valence-corrected chi connectivity index (χ0v) is 10.4. The molecule has 0 aliphatic carbocycles. The molecule has 6 heteroatoms. The molecule has 0 saturated heterocycles. The lowest BCUT2D eigenvalue weighted by Gasteiger charge is -2.15. The number of hydrogen-bond acceptors (Lipinski definition) is 6. The number of nitrogens with zero attached hydrogens (tertiary/aromatic N) is 2. The van der Waals surface area contributed by atoms with E-state index in [4.69, 9.17) is 14.6 Å². The van der Waals surface area contributed by atoms with Crippen molar-refractivity contribution < 1.29 is 14.6 Å². The predicted octanol–water partition coefficient (Wildman–Crippen LogP) is 0.354. The van der Waals surface area contributed by atoms with Crippen molar-refractivity contribution in [2.45, 2.75) is 25.9 Å². The minimum atomic E-state index is 0.160. The fourth-order valence-corrected chi connectivity index (χ4v) is 1.46. The van der Waals surface area contributed by atoms with Gasteiger partial charge < -0.3 is 19.9 Å². The van der Waals surface area contributed by atoms with E-state index >= 15 is 0 Å². The van der Waals surface area contributed by atoms with E-state index in [1.54, 1.807) is 14.2 Å². The molecule has 1 aromatic heterocycles. The maximum atomic E-state index is 8.82. The van der Waals surface area contributed by atoms with E-state index in [2.05, 4.69) is 15.3 Å². The monoisotopic (exact) mass is 241 g/mol. The molecule has 0 spiro atoms. The number of nitrogens with one attached hydrogen (secondary N) is 1. The Morgan fingerprint density at radius 2 is 1.88 bits per heavy atom. The van der Waals surface area contributed by atoms with Gasteiger partial charge in [0.1, 0.15) is 6.33 Å². The third-order valence-corrected chi connectivity index (χ3v) is 2.44. The highest BCUT2D eigenvalue weighted by Crippen LogP contribution is 2.22. The normalized spacial score (nSPS) is 12.2. The molecule has 0 aliphatic rings. The van der Waals surface area contributed by atoms with Crippen LogP contribution in [0.25, 0.3) is 0 Å². The van der Waals surface area contributed by atoms with Crippen molar-refractivity contribution in [3.8, 4) is 11.8 Å². The fourth-order valence-electron chi connectivity index (χ4n) is 1.46. The first-order valence-corrected chi connectivity index (χ1v) is 5.49. The highest BCUT2D eigenvalue weighted by molar-refractivity contribution is 5.34. The summed E-state index contributed by atoms with van der Waals surface area (Å²) in [5, 5.41) is 12.1. The van der Waals surface area contributed by atoms with Gasteiger partial charge in [-0.1, -0.05) is 0 Å². The molecule has 6 nitrogen and oxygen atoms in total. The molecule has 1 rings (SSSR count). The van der Waals surface area contributed by atoms with Gasteiger partial charge in [0.25, 0.3) is 0 Å². The average Bonchev–Trinajstić information content (AvgIpc) is 2.36. The van der Waals surface area contributed by atoms with E-state index in [1.807, 2.05) is 6.92 Å². The molecule has 1 unspecified atom stereocenters. The Morgan fingerprint density at radius 3 is 2.35 bits per heavy atom. The number of methoxy groups -OCH3 is 2. The molecule has 96 valence electrons. The van der Waals surface area contributed by atoms with E-state index < -0.39 is 0 Å². The second kappa shape index (κ2) is 7.03. The van der Waals surface area contributed by atoms with E-state index in [1.165, 1.54) is 6.33 Å². The first kappa shape index (κ1) is 13.7. The second-order valence-corrected chi connectivity index (χ2v) is 3.67. The Balaban J connectivity index is 2.74. The van der Waals surface area contributed by atoms with Crippen LogP contribution in [0.4, 0.5) is 0 Å². The summed E-state index contributed by atoms with van der Waals surface area (Å²) in [5.41, 5.74) is 0.780. The van der Waals surface area contributed by atoms with Gasteiger partial charge in [-0.05, 0) is 13.3 Å². The minimum absolute atomic E-state index is 0.160. The zero-order chi connectivity index (χ0) is 12.7. The number of ether oxygens (including phenoxy) is 2. The summed E-state index contributed by atoms with van der Waals surface area (Å²) < 4.78 is 10.3. The van der Waals surface area contributed by atoms with E-state index in [9.17, 15) is 0 Å². The van der Waals surface area contributed by atoms with E-state index in [0.29, 0.717) is 24.7 Å². The highest BCUT2D eigenvalue weighted by atomic mass is 16.5. The quantitative estimate of drug-likeness (QED) is 0.717. The molecule has 0 bridgehead atoms. The standard InChI is InChI=1S/C11H19N3O3/c1-8(4-5-15)12-6-9-10(16-2)13-7-14-11(9)17-3/h7-8,12,15H,4-6H2,1-3H3. The molecule has 1 aromatic rings. The largest absolute Gasteiger partial charge is 0.481 e. The summed E-state index contributed by atoms with van der Waals surface area (Å²) in [5.74, 6) is 1.00. The van der Waals surface area contributed by atoms with Crippen molar-refractivity contribution in [2.24, 2.45) is 0 Å². The molecule has 1 atom stereocenters. The predicted molar refractivity (Wildman–Crippen MR) is 63.1 cm³/mol. The van der Waals surface area contributed by atoms with E-state index in [0.717, 1.165) is 5.56 Å². The van der Waals surface area contributed by atoms with Crippen LogP contribution < -0.4 is 14.8 Å². The maximum Gasteiger partial charge on any atom is 0.224 e. The Bertz CT molecular complexity index is 324. The van der Waals surface area contributed by atoms with Gasteiger partial charge in [-0.15, -0.1) is 0 Å². The summed E-state index contributed by atoms with van der Waals surface area (Å²) in [4.78, 5) is 8.05. The smallest absolute Gasteiger partial charge is 0.224 e. The van der Waals surface area contributed by atoms with Crippen LogP contribution in [0.2, 0.25) is 0 Å². The summed E-state index contributed by atoms with van der Waals surface area (Å²) in [6.07, 6.45) is 2.09. The molecule has 0 aliphatic heterocycles. The molecule has 0 saturated carbocycles. The maximum absolute atomic E-state index is 8.82. The van der Waals surface area contributed by atoms with Crippen LogP contribution in [0.1, 0.15) is 18.9 Å². The lowest BCUT2D eigenvalue weighted by Crippen LogP contribution is -2.27. The molecule has 0 radical (unpaired) electrons. The number of aliphatic hydroxyl groups excluding tert-OH is 1. The van der Waals surface area contributed by atoms with Crippen LogP contribution in [0.15, 0.2) is 6.33 Å². The van der Waals surface area contributed by atoms with Gasteiger partial charge in [0.05, 0.1) is 19.8 Å². The van der Waals surface area contributed by atoms with Crippen LogP contribution in [0, 0.1) is 0 Å². The minimum Gasteiger partial charge on any atom is -0.481 e. The summed E-state index contributed by atoms with van der Waals surface area (Å²) in [6.45, 7) is 2.70. The fraction of sp³-hybridized carbons (Fsp3) is 0.636. The van der Waals surface area contributed by atoms with Crippen LogP contribution in [0.3, 0.4) is 0 Å². The third kappa shape index (κ3) is 3.83. The lowest BCUT2D eigenvalue weighted by molar-refractivity contribution is 0.268. The van der Waals surface area contributed by atoms with Gasteiger partial charge in [-0.25, -0.2) is 9.97 Å². The van der Waals surface area contributed by atoms with Crippen molar-refractivity contribution in [1.29, 1.82) is 0 Å². The Labute approximate surface area is 101 Å². The Morgan fingerprint density at radius 1 is 1.29 bits per heavy atom. The van der Waals surface area contributed by atoms with Crippen molar-refractivity contribution in [3.05, 3.63) is 11.9 Å². The molecular weight excluding hydrogens is 222 g/mol. The first-order chi connectivity index (χ1) is 8.22. The second-order valence-electron chi connectivity index (χ2n) is 3.67. The van der Waals surface area contributed by atoms with Crippen molar-refractivity contribution in [1.82, 2.24) is 15.3 Å². The topological polar surface area (TPSA) is 76.5 Å². The van der Waals surface area contributed by atoms with Crippen LogP contribution in [0.5, 0.6) is 11.8 Å². The summed E-state index contributed by atoms with van der Waals surface area (Å²) in [7, 11) is 3.12. The molecule has 0 fully saturated rings. The van der Waals surface area contributed by atoms with Gasteiger partial charge in [0.15, 0.2) is 0 Å². The van der Waals surface area contributed by atoms with Crippen molar-refractivity contribution in [3.63, 3.8) is 0 Å². The molecular formula is C11H19N3O3. The van der Waals surface area contributed by atoms with Gasteiger partial charge in [0.2, 0.25) is 11.8 Å². The Hall–Kier alpha value is -1.40. The molecule has 17 heavy (non-hydrogen) atoms. The van der Waals surface area contributed by atoms with Gasteiger partial charge in [0, 0.05) is 19.2 Å². The first-order valence-electron chi connectivity index (χ1n) is 5.49. The number of rotatable bonds is 7. The number of aliphatic hydroxyl groups is 1. The summed E-state index contributed by atoms with van der Waals surface area (Å²) in [6, 6.07) is 0.203. The van der Waals surface area contributed by atoms with E-state index in [-0.39, 0.29) is 12.6 Å². The highest BCUT2D eigenvalue weighted by Gasteiger charge is 2.13. The SMILES string of the molecule is COc1ncnc(OC)c1CNC(C)CCO. The number of hydrogen-bond donors (Lipinski definition) is 2. The van der Waals surface area contributed by atoms with Crippen LogP contribution >= 0.6 is 0 Å². The van der Waals surface area contributed by atoms with Crippen molar-refractivity contribution >= 4 is 0 Å². The average molecular weight is 241 g/mol. The van der Waals surface area contributed by atoms with Crippen LogP contribution in [-0.2, 0) is 6.54 Å². The third-order valence-electron chi connectivity index (χ3n) is 2.44. The Kier molecular flexibility index (Phi) is 5.65. The number of aromatic nitrogens is 2. The molecule has 1 heterocycles. The molecule has 2 N–H and O–H groups in total. The van der Waals surface area contributed by atoms with Crippen molar-refractivity contribution in [2.75, 3.05) is 20.8 Å². The van der Waals surface area contributed by atoms with Gasteiger partial charge in [-0.3, -0.25) is 0 Å². The lowest BCUT2D eigenvalue weighted by atomic mass is 10.2.